The zero-order valence-electron chi connectivity index (χ0n) is 10.6. The molecule has 20 heavy (non-hydrogen) atoms. The highest BCUT2D eigenvalue weighted by molar-refractivity contribution is 6.33. The number of nitrogens with two attached hydrogens (primary N) is 1. The Labute approximate surface area is 119 Å². The van der Waals surface area contributed by atoms with Crippen LogP contribution in [0.15, 0.2) is 30.5 Å². The molecule has 0 fully saturated rings. The van der Waals surface area contributed by atoms with Crippen molar-refractivity contribution in [2.24, 2.45) is 5.84 Å². The molecule has 0 aliphatic rings. The molecule has 0 bridgehead atoms. The summed E-state index contributed by atoms with van der Waals surface area (Å²) in [6.45, 7) is 1.76. The molecule has 4 N–H and O–H groups in total. The van der Waals surface area contributed by atoms with E-state index in [9.17, 15) is 9.18 Å². The summed E-state index contributed by atoms with van der Waals surface area (Å²) < 4.78 is 13.6. The normalized spacial score (nSPS) is 10.2. The van der Waals surface area contributed by atoms with Crippen molar-refractivity contribution < 1.29 is 9.18 Å². The second-order valence-electron chi connectivity index (χ2n) is 4.14. The molecule has 7 heteroatoms. The van der Waals surface area contributed by atoms with Crippen LogP contribution in [0.25, 0.3) is 0 Å². The van der Waals surface area contributed by atoms with Crippen LogP contribution in [0.1, 0.15) is 15.9 Å². The number of nitrogens with one attached hydrogen (secondary N) is 2. The second kappa shape index (κ2) is 5.85. The largest absolute Gasteiger partial charge is 0.319 e. The molecule has 0 atom stereocenters. The highest BCUT2D eigenvalue weighted by Crippen LogP contribution is 2.21. The van der Waals surface area contributed by atoms with Crippen LogP contribution in [0.2, 0.25) is 5.02 Å². The number of halogens is 2. The number of rotatable bonds is 3. The minimum absolute atomic E-state index is 0.0951. The summed E-state index contributed by atoms with van der Waals surface area (Å²) in [5, 5.41) is 2.65. The van der Waals surface area contributed by atoms with Crippen LogP contribution in [0, 0.1) is 12.7 Å². The van der Waals surface area contributed by atoms with Crippen molar-refractivity contribution in [1.29, 1.82) is 0 Å². The summed E-state index contributed by atoms with van der Waals surface area (Å²) >= 11 is 5.87. The van der Waals surface area contributed by atoms with Crippen molar-refractivity contribution in [2.75, 3.05) is 10.7 Å². The minimum Gasteiger partial charge on any atom is -0.319 e. The number of aromatic nitrogens is 1. The maximum absolute atomic E-state index is 13.6. The third-order valence-corrected chi connectivity index (χ3v) is 2.90. The van der Waals surface area contributed by atoms with Crippen LogP contribution in [-0.4, -0.2) is 10.9 Å². The Balaban J connectivity index is 2.21. The van der Waals surface area contributed by atoms with Gasteiger partial charge in [0.25, 0.3) is 5.91 Å². The summed E-state index contributed by atoms with van der Waals surface area (Å²) in [6, 6.07) is 5.92. The third-order valence-electron chi connectivity index (χ3n) is 2.61. The van der Waals surface area contributed by atoms with Gasteiger partial charge in [-0.3, -0.25) is 4.79 Å². The fraction of sp³-hybridized carbons (Fsp3) is 0.0769. The van der Waals surface area contributed by atoms with Crippen molar-refractivity contribution in [1.82, 2.24) is 4.98 Å². The van der Waals surface area contributed by atoms with Crippen LogP contribution < -0.4 is 16.6 Å². The number of hydrazine groups is 1. The maximum Gasteiger partial charge on any atom is 0.257 e. The Hall–Kier alpha value is -2.18. The molecule has 0 spiro atoms. The molecule has 0 saturated heterocycles. The van der Waals surface area contributed by atoms with E-state index in [1.165, 1.54) is 24.4 Å². The van der Waals surface area contributed by atoms with E-state index >= 15 is 0 Å². The maximum atomic E-state index is 13.6. The monoisotopic (exact) mass is 294 g/mol. The van der Waals surface area contributed by atoms with Crippen LogP contribution in [-0.2, 0) is 0 Å². The van der Waals surface area contributed by atoms with Gasteiger partial charge < -0.3 is 10.7 Å². The standard InChI is InChI=1S/C13H12ClFN4O/c1-7-2-3-11(10(15)4-7)18-13(20)8-5-9(14)12(19-16)17-6-8/h2-6H,16H2,1H3,(H,17,19)(H,18,20). The summed E-state index contributed by atoms with van der Waals surface area (Å²) in [5.41, 5.74) is 3.36. The number of carbonyl (C=O) groups is 1. The van der Waals surface area contributed by atoms with Gasteiger partial charge in [0.1, 0.15) is 5.82 Å². The van der Waals surface area contributed by atoms with Crippen LogP contribution in [0.3, 0.4) is 0 Å². The van der Waals surface area contributed by atoms with Crippen LogP contribution >= 0.6 is 11.6 Å². The lowest BCUT2D eigenvalue weighted by molar-refractivity contribution is 0.102. The molecule has 1 aromatic heterocycles. The van der Waals surface area contributed by atoms with Gasteiger partial charge in [0.05, 0.1) is 16.3 Å². The zero-order valence-corrected chi connectivity index (χ0v) is 11.3. The van der Waals surface area contributed by atoms with Crippen molar-refractivity contribution in [3.8, 4) is 0 Å². The number of anilines is 2. The molecule has 0 aliphatic carbocycles. The quantitative estimate of drug-likeness (QED) is 0.600. The Morgan fingerprint density at radius 1 is 1.40 bits per heavy atom. The van der Waals surface area contributed by atoms with Crippen molar-refractivity contribution >= 4 is 29.0 Å². The molecular formula is C13H12ClFN4O. The first-order valence-electron chi connectivity index (χ1n) is 5.71. The van der Waals surface area contributed by atoms with E-state index < -0.39 is 11.7 Å². The molecule has 5 nitrogen and oxygen atoms in total. The Morgan fingerprint density at radius 3 is 2.75 bits per heavy atom. The van der Waals surface area contributed by atoms with Crippen molar-refractivity contribution in [3.05, 3.63) is 52.4 Å². The predicted octanol–water partition coefficient (Wildman–Crippen LogP) is 2.72. The highest BCUT2D eigenvalue weighted by Gasteiger charge is 2.12. The van der Waals surface area contributed by atoms with Gasteiger partial charge in [0, 0.05) is 6.20 Å². The first-order chi connectivity index (χ1) is 9.51. The minimum atomic E-state index is -0.509. The lowest BCUT2D eigenvalue weighted by atomic mass is 10.2. The van der Waals surface area contributed by atoms with E-state index in [-0.39, 0.29) is 22.1 Å². The van der Waals surface area contributed by atoms with Gasteiger partial charge in [0.15, 0.2) is 5.82 Å². The average molecular weight is 295 g/mol. The first-order valence-corrected chi connectivity index (χ1v) is 6.08. The molecular weight excluding hydrogens is 283 g/mol. The van der Waals surface area contributed by atoms with Gasteiger partial charge >= 0.3 is 0 Å². The van der Waals surface area contributed by atoms with Crippen LogP contribution in [0.5, 0.6) is 0 Å². The molecule has 0 aliphatic heterocycles. The predicted molar refractivity (Wildman–Crippen MR) is 76.1 cm³/mol. The topological polar surface area (TPSA) is 80.0 Å². The summed E-state index contributed by atoms with van der Waals surface area (Å²) in [7, 11) is 0. The molecule has 104 valence electrons. The second-order valence-corrected chi connectivity index (χ2v) is 4.54. The number of hydrogen-bond donors (Lipinski definition) is 3. The number of nitrogen functional groups attached to an aromatic ring is 1. The Bertz CT molecular complexity index is 663. The van der Waals surface area contributed by atoms with E-state index in [2.05, 4.69) is 15.7 Å². The van der Waals surface area contributed by atoms with E-state index in [1.807, 2.05) is 0 Å². The zero-order chi connectivity index (χ0) is 14.7. The SMILES string of the molecule is Cc1ccc(NC(=O)c2cnc(NN)c(Cl)c2)c(F)c1. The number of benzene rings is 1. The van der Waals surface area contributed by atoms with Crippen molar-refractivity contribution in [3.63, 3.8) is 0 Å². The fourth-order valence-electron chi connectivity index (χ4n) is 1.58. The molecule has 1 heterocycles. The fourth-order valence-corrected chi connectivity index (χ4v) is 1.81. The number of nitrogens with zero attached hydrogens (tertiary/aromatic N) is 1. The molecule has 0 radical (unpaired) electrons. The van der Waals surface area contributed by atoms with Crippen molar-refractivity contribution in [2.45, 2.75) is 6.92 Å². The number of hydrogen-bond acceptors (Lipinski definition) is 4. The van der Waals surface area contributed by atoms with E-state index in [0.29, 0.717) is 0 Å². The third kappa shape index (κ3) is 3.04. The molecule has 0 saturated carbocycles. The number of aryl methyl sites for hydroxylation is 1. The molecule has 1 amide bonds. The Kier molecular flexibility index (Phi) is 4.16. The summed E-state index contributed by atoms with van der Waals surface area (Å²) in [5.74, 6) is 4.43. The lowest BCUT2D eigenvalue weighted by Crippen LogP contribution is -2.15. The van der Waals surface area contributed by atoms with Gasteiger partial charge in [-0.1, -0.05) is 17.7 Å². The average Bonchev–Trinajstić information content (AvgIpc) is 2.41. The molecule has 1 aromatic carbocycles. The van der Waals surface area contributed by atoms with Gasteiger partial charge in [-0.25, -0.2) is 15.2 Å². The molecule has 2 aromatic rings. The molecule has 2 rings (SSSR count). The summed E-state index contributed by atoms with van der Waals surface area (Å²) in [4.78, 5) is 15.8. The van der Waals surface area contributed by atoms with Crippen LogP contribution in [0.4, 0.5) is 15.9 Å². The smallest absolute Gasteiger partial charge is 0.257 e. The van der Waals surface area contributed by atoms with Gasteiger partial charge in [0.2, 0.25) is 0 Å². The number of carbonyl (C=O) groups excluding carboxylic acids is 1. The van der Waals surface area contributed by atoms with E-state index in [4.69, 9.17) is 17.4 Å². The Morgan fingerprint density at radius 2 is 2.15 bits per heavy atom. The van der Waals surface area contributed by atoms with E-state index in [1.54, 1.807) is 13.0 Å². The number of pyridine rings is 1. The lowest BCUT2D eigenvalue weighted by Gasteiger charge is -2.08. The highest BCUT2D eigenvalue weighted by atomic mass is 35.5. The van der Waals surface area contributed by atoms with Gasteiger partial charge in [-0.2, -0.15) is 0 Å². The summed E-state index contributed by atoms with van der Waals surface area (Å²) in [6.07, 6.45) is 1.29. The first kappa shape index (κ1) is 14.2. The number of amides is 1. The van der Waals surface area contributed by atoms with E-state index in [0.717, 1.165) is 5.56 Å². The van der Waals surface area contributed by atoms with Gasteiger partial charge in [-0.05, 0) is 30.7 Å². The molecule has 0 unspecified atom stereocenters. The van der Waals surface area contributed by atoms with Gasteiger partial charge in [-0.15, -0.1) is 0 Å².